The van der Waals surface area contributed by atoms with Gasteiger partial charge in [0.25, 0.3) is 0 Å². The maximum absolute atomic E-state index is 13.0. The van der Waals surface area contributed by atoms with Crippen molar-refractivity contribution in [1.82, 2.24) is 14.6 Å². The lowest BCUT2D eigenvalue weighted by atomic mass is 9.84. The molecule has 0 amide bonds. The van der Waals surface area contributed by atoms with E-state index in [1.54, 1.807) is 22.8 Å². The van der Waals surface area contributed by atoms with Crippen molar-refractivity contribution in [3.63, 3.8) is 0 Å². The van der Waals surface area contributed by atoms with Crippen molar-refractivity contribution in [2.24, 2.45) is 0 Å². The number of anilines is 1. The van der Waals surface area contributed by atoms with E-state index in [-0.39, 0.29) is 6.04 Å². The molecule has 0 atom stereocenters. The van der Waals surface area contributed by atoms with E-state index in [4.69, 9.17) is 0 Å². The number of fused-ring (bicyclic) bond motifs is 1. The third-order valence-corrected chi connectivity index (χ3v) is 5.28. The molecule has 0 spiro atoms. The Balaban J connectivity index is 1.62. The third-order valence-electron chi connectivity index (χ3n) is 5.28. The average molecular weight is 390 g/mol. The monoisotopic (exact) mass is 390 g/mol. The number of hydrogen-bond donors (Lipinski definition) is 2. The molecule has 1 aromatic carbocycles. The molecule has 5 nitrogen and oxygen atoms in total. The third kappa shape index (κ3) is 3.82. The molecule has 0 bridgehead atoms. The standard InChI is InChI=1S/C20H21F3N4O/c1-19(28)8-5-15(6-9-19)25-17-7-10-27-18(26-17)16(12-24-27)13-3-2-4-14(11-13)20(21,22)23/h2-4,7,10-12,15,28H,5-6,8-9H2,1H3,(H,25,26)/t15-,19+. The van der Waals surface area contributed by atoms with Gasteiger partial charge in [0.05, 0.1) is 17.4 Å². The molecule has 1 fully saturated rings. The minimum atomic E-state index is -4.40. The molecule has 8 heteroatoms. The van der Waals surface area contributed by atoms with Crippen LogP contribution in [0.15, 0.2) is 42.7 Å². The van der Waals surface area contributed by atoms with E-state index in [1.807, 2.05) is 6.92 Å². The summed E-state index contributed by atoms with van der Waals surface area (Å²) < 4.78 is 40.7. The molecular weight excluding hydrogens is 369 g/mol. The van der Waals surface area contributed by atoms with Crippen LogP contribution in [0.1, 0.15) is 38.2 Å². The van der Waals surface area contributed by atoms with Crippen LogP contribution in [0.25, 0.3) is 16.8 Å². The van der Waals surface area contributed by atoms with Gasteiger partial charge < -0.3 is 10.4 Å². The smallest absolute Gasteiger partial charge is 0.390 e. The Morgan fingerprint density at radius 1 is 1.21 bits per heavy atom. The van der Waals surface area contributed by atoms with Crippen LogP contribution in [0.5, 0.6) is 0 Å². The van der Waals surface area contributed by atoms with Crippen molar-refractivity contribution in [1.29, 1.82) is 0 Å². The van der Waals surface area contributed by atoms with Gasteiger partial charge >= 0.3 is 6.18 Å². The van der Waals surface area contributed by atoms with Crippen molar-refractivity contribution in [2.75, 3.05) is 5.32 Å². The largest absolute Gasteiger partial charge is 0.416 e. The van der Waals surface area contributed by atoms with Gasteiger partial charge in [-0.2, -0.15) is 18.3 Å². The Bertz CT molecular complexity index is 987. The summed E-state index contributed by atoms with van der Waals surface area (Å²) >= 11 is 0. The summed E-state index contributed by atoms with van der Waals surface area (Å²) in [6.07, 6.45) is 1.96. The number of aromatic nitrogens is 3. The van der Waals surface area contributed by atoms with Gasteiger partial charge in [-0.05, 0) is 56.4 Å². The second-order valence-corrected chi connectivity index (χ2v) is 7.63. The van der Waals surface area contributed by atoms with Crippen molar-refractivity contribution in [2.45, 2.75) is 50.4 Å². The summed E-state index contributed by atoms with van der Waals surface area (Å²) in [7, 11) is 0. The summed E-state index contributed by atoms with van der Waals surface area (Å²) in [6.45, 7) is 1.85. The lowest BCUT2D eigenvalue weighted by Crippen LogP contribution is -2.35. The van der Waals surface area contributed by atoms with Crippen molar-refractivity contribution >= 4 is 11.5 Å². The predicted molar refractivity (Wildman–Crippen MR) is 99.9 cm³/mol. The minimum absolute atomic E-state index is 0.204. The molecule has 3 aromatic rings. The highest BCUT2D eigenvalue weighted by molar-refractivity contribution is 5.78. The number of alkyl halides is 3. The highest BCUT2D eigenvalue weighted by Gasteiger charge is 2.31. The summed E-state index contributed by atoms with van der Waals surface area (Å²) in [4.78, 5) is 4.58. The topological polar surface area (TPSA) is 62.5 Å². The van der Waals surface area contributed by atoms with Crippen molar-refractivity contribution in [3.8, 4) is 11.1 Å². The van der Waals surface area contributed by atoms with Crippen LogP contribution >= 0.6 is 0 Å². The number of nitrogens with zero attached hydrogens (tertiary/aromatic N) is 3. The summed E-state index contributed by atoms with van der Waals surface area (Å²) in [5.74, 6) is 0.646. The van der Waals surface area contributed by atoms with Crippen LogP contribution in [-0.4, -0.2) is 31.3 Å². The Kier molecular flexibility index (Phi) is 4.53. The van der Waals surface area contributed by atoms with Crippen LogP contribution in [0.3, 0.4) is 0 Å². The van der Waals surface area contributed by atoms with E-state index in [0.29, 0.717) is 22.6 Å². The maximum atomic E-state index is 13.0. The highest BCUT2D eigenvalue weighted by Crippen LogP contribution is 2.33. The van der Waals surface area contributed by atoms with Gasteiger partial charge in [-0.25, -0.2) is 9.50 Å². The van der Waals surface area contributed by atoms with Gasteiger partial charge in [0.2, 0.25) is 0 Å². The second-order valence-electron chi connectivity index (χ2n) is 7.63. The SMILES string of the molecule is C[C@]1(O)CC[C@@H](Nc2ccn3ncc(-c4cccc(C(F)(F)F)c4)c3n2)CC1. The Morgan fingerprint density at radius 2 is 1.96 bits per heavy atom. The first kappa shape index (κ1) is 18.7. The van der Waals surface area contributed by atoms with Gasteiger partial charge in [0.15, 0.2) is 5.65 Å². The van der Waals surface area contributed by atoms with Gasteiger partial charge in [-0.3, -0.25) is 0 Å². The second kappa shape index (κ2) is 6.77. The molecule has 0 radical (unpaired) electrons. The van der Waals surface area contributed by atoms with E-state index in [0.717, 1.165) is 37.8 Å². The van der Waals surface area contributed by atoms with Gasteiger partial charge in [0, 0.05) is 17.8 Å². The van der Waals surface area contributed by atoms with Crippen LogP contribution in [0.2, 0.25) is 0 Å². The molecule has 28 heavy (non-hydrogen) atoms. The predicted octanol–water partition coefficient (Wildman–Crippen LogP) is 4.52. The van der Waals surface area contributed by atoms with Crippen LogP contribution in [0, 0.1) is 0 Å². The van der Waals surface area contributed by atoms with Crippen molar-refractivity contribution in [3.05, 3.63) is 48.3 Å². The summed E-state index contributed by atoms with van der Waals surface area (Å²) in [5.41, 5.74) is 0.141. The van der Waals surface area contributed by atoms with E-state index in [1.165, 1.54) is 12.3 Å². The molecule has 148 valence electrons. The van der Waals surface area contributed by atoms with Crippen LogP contribution < -0.4 is 5.32 Å². The zero-order valence-corrected chi connectivity index (χ0v) is 15.4. The molecule has 2 aromatic heterocycles. The molecule has 4 rings (SSSR count). The highest BCUT2D eigenvalue weighted by atomic mass is 19.4. The fourth-order valence-corrected chi connectivity index (χ4v) is 3.61. The van der Waals surface area contributed by atoms with E-state index >= 15 is 0 Å². The van der Waals surface area contributed by atoms with Crippen LogP contribution in [0.4, 0.5) is 19.0 Å². The fraction of sp³-hybridized carbons (Fsp3) is 0.400. The normalized spacial score (nSPS) is 23.1. The molecule has 1 aliphatic carbocycles. The van der Waals surface area contributed by atoms with Crippen LogP contribution in [-0.2, 0) is 6.18 Å². The molecule has 1 saturated carbocycles. The minimum Gasteiger partial charge on any atom is -0.390 e. The molecule has 2 heterocycles. The van der Waals surface area contributed by atoms with E-state index in [2.05, 4.69) is 15.4 Å². The zero-order valence-electron chi connectivity index (χ0n) is 15.4. The molecule has 0 unspecified atom stereocenters. The number of nitrogens with one attached hydrogen (secondary N) is 1. The molecule has 1 aliphatic rings. The van der Waals surface area contributed by atoms with Gasteiger partial charge in [0.1, 0.15) is 5.82 Å². The number of rotatable bonds is 3. The maximum Gasteiger partial charge on any atom is 0.416 e. The fourth-order valence-electron chi connectivity index (χ4n) is 3.61. The molecule has 0 aliphatic heterocycles. The van der Waals surface area contributed by atoms with Gasteiger partial charge in [-0.1, -0.05) is 12.1 Å². The first-order valence-electron chi connectivity index (χ1n) is 9.22. The van der Waals surface area contributed by atoms with E-state index < -0.39 is 17.3 Å². The number of halogens is 3. The summed E-state index contributed by atoms with van der Waals surface area (Å²) in [5, 5.41) is 17.7. The first-order chi connectivity index (χ1) is 13.2. The molecule has 0 saturated heterocycles. The Morgan fingerprint density at radius 3 is 2.68 bits per heavy atom. The average Bonchev–Trinajstić information content (AvgIpc) is 3.06. The number of benzene rings is 1. The number of aliphatic hydroxyl groups is 1. The quantitative estimate of drug-likeness (QED) is 0.690. The number of hydrogen-bond acceptors (Lipinski definition) is 4. The van der Waals surface area contributed by atoms with Gasteiger partial charge in [-0.15, -0.1) is 0 Å². The van der Waals surface area contributed by atoms with Crippen molar-refractivity contribution < 1.29 is 18.3 Å². The zero-order chi connectivity index (χ0) is 19.9. The Hall–Kier alpha value is -2.61. The first-order valence-corrected chi connectivity index (χ1v) is 9.22. The lowest BCUT2D eigenvalue weighted by Gasteiger charge is -2.33. The summed E-state index contributed by atoms with van der Waals surface area (Å²) in [6, 6.07) is 7.17. The molecule has 2 N–H and O–H groups in total. The Labute approximate surface area is 160 Å². The molecular formula is C20H21F3N4O. The van der Waals surface area contributed by atoms with E-state index in [9.17, 15) is 18.3 Å². The lowest BCUT2D eigenvalue weighted by molar-refractivity contribution is -0.137.